The second kappa shape index (κ2) is 9.76. The first-order chi connectivity index (χ1) is 13.3. The van der Waals surface area contributed by atoms with Crippen LogP contribution in [0.25, 0.3) is 10.6 Å². The maximum atomic E-state index is 12.4. The number of amides is 3. The lowest BCUT2D eigenvalue weighted by atomic mass is 10.2. The largest absolute Gasteiger partial charge is 0.477 e. The Morgan fingerprint density at radius 3 is 2.64 bits per heavy atom. The normalized spacial score (nSPS) is 11.5. The van der Waals surface area contributed by atoms with Crippen LogP contribution >= 0.6 is 11.3 Å². The second-order valence-electron chi connectivity index (χ2n) is 5.75. The lowest BCUT2D eigenvalue weighted by Gasteiger charge is -2.11. The van der Waals surface area contributed by atoms with Crippen LogP contribution in [0.5, 0.6) is 0 Å². The van der Waals surface area contributed by atoms with E-state index in [9.17, 15) is 19.5 Å². The summed E-state index contributed by atoms with van der Waals surface area (Å²) in [5.74, 6) is -1.50. The number of anilines is 1. The fourth-order valence-corrected chi connectivity index (χ4v) is 3.13. The molecule has 0 aliphatic rings. The van der Waals surface area contributed by atoms with E-state index in [2.05, 4.69) is 25.9 Å². The molecule has 10 nitrogen and oxygen atoms in total. The van der Waals surface area contributed by atoms with Crippen molar-refractivity contribution in [1.29, 1.82) is 0 Å². The van der Waals surface area contributed by atoms with Gasteiger partial charge in [0.05, 0.1) is 6.61 Å². The van der Waals surface area contributed by atoms with Crippen molar-refractivity contribution < 1.29 is 24.2 Å². The summed E-state index contributed by atoms with van der Waals surface area (Å²) < 4.78 is 4.95. The summed E-state index contributed by atoms with van der Waals surface area (Å²) in [4.78, 5) is 43.5. The molecule has 28 heavy (non-hydrogen) atoms. The summed E-state index contributed by atoms with van der Waals surface area (Å²) in [6.07, 6.45) is 1.45. The molecular weight excluding hydrogens is 386 g/mol. The quantitative estimate of drug-likeness (QED) is 0.522. The van der Waals surface area contributed by atoms with E-state index in [1.54, 1.807) is 26.0 Å². The number of carboxylic acid groups (broad SMARTS) is 1. The molecule has 1 atom stereocenters. The molecule has 0 aliphatic heterocycles. The van der Waals surface area contributed by atoms with E-state index >= 15 is 0 Å². The van der Waals surface area contributed by atoms with E-state index in [0.29, 0.717) is 22.9 Å². The molecule has 0 fully saturated rings. The number of rotatable bonds is 8. The SMILES string of the molecule is CCNC(=O)Nc1ccc(-c2nc(C(=O)N[C@@H](C)COC)c(C(=O)O)s2)cn1. The summed E-state index contributed by atoms with van der Waals surface area (Å²) in [5, 5.41) is 17.5. The first-order valence-electron chi connectivity index (χ1n) is 8.40. The zero-order chi connectivity index (χ0) is 20.7. The molecule has 0 saturated carbocycles. The Balaban J connectivity index is 2.23. The topological polar surface area (TPSA) is 143 Å². The Kier molecular flexibility index (Phi) is 7.41. The third-order valence-corrected chi connectivity index (χ3v) is 4.51. The Bertz CT molecular complexity index is 852. The van der Waals surface area contributed by atoms with Crippen LogP contribution in [-0.4, -0.2) is 59.3 Å². The monoisotopic (exact) mass is 407 g/mol. The number of thiazole rings is 1. The number of hydrogen-bond donors (Lipinski definition) is 4. The fourth-order valence-electron chi connectivity index (χ4n) is 2.24. The molecule has 0 aliphatic carbocycles. The minimum atomic E-state index is -1.24. The predicted octanol–water partition coefficient (Wildman–Crippen LogP) is 1.81. The zero-order valence-electron chi connectivity index (χ0n) is 15.6. The van der Waals surface area contributed by atoms with Gasteiger partial charge in [-0.15, -0.1) is 11.3 Å². The average Bonchev–Trinajstić information content (AvgIpc) is 3.08. The number of carbonyl (C=O) groups excluding carboxylic acids is 2. The zero-order valence-corrected chi connectivity index (χ0v) is 16.4. The molecule has 0 bridgehead atoms. The van der Waals surface area contributed by atoms with Gasteiger partial charge in [-0.05, 0) is 26.0 Å². The van der Waals surface area contributed by atoms with Gasteiger partial charge in [-0.1, -0.05) is 0 Å². The van der Waals surface area contributed by atoms with Crippen LogP contribution in [0, 0.1) is 0 Å². The van der Waals surface area contributed by atoms with Crippen molar-refractivity contribution in [3.05, 3.63) is 28.9 Å². The summed E-state index contributed by atoms with van der Waals surface area (Å²) in [7, 11) is 1.50. The lowest BCUT2D eigenvalue weighted by Crippen LogP contribution is -2.36. The van der Waals surface area contributed by atoms with Crippen molar-refractivity contribution in [2.75, 3.05) is 25.6 Å². The molecule has 0 unspecified atom stereocenters. The highest BCUT2D eigenvalue weighted by Crippen LogP contribution is 2.28. The first-order valence-corrected chi connectivity index (χ1v) is 9.22. The molecule has 0 saturated heterocycles. The van der Waals surface area contributed by atoms with Crippen molar-refractivity contribution >= 4 is 35.1 Å². The second-order valence-corrected chi connectivity index (χ2v) is 6.75. The number of carboxylic acids is 1. The number of carbonyl (C=O) groups is 3. The van der Waals surface area contributed by atoms with E-state index in [0.717, 1.165) is 11.3 Å². The molecule has 4 N–H and O–H groups in total. The molecule has 2 aromatic rings. The van der Waals surface area contributed by atoms with Crippen LogP contribution in [0.4, 0.5) is 10.6 Å². The maximum absolute atomic E-state index is 12.4. The van der Waals surface area contributed by atoms with Gasteiger partial charge < -0.3 is 20.5 Å². The summed E-state index contributed by atoms with van der Waals surface area (Å²) in [6.45, 7) is 4.30. The predicted molar refractivity (Wildman–Crippen MR) is 104 cm³/mol. The summed E-state index contributed by atoms with van der Waals surface area (Å²) in [5.41, 5.74) is 0.359. The first kappa shape index (κ1) is 21.3. The molecule has 0 spiro atoms. The van der Waals surface area contributed by atoms with Crippen molar-refractivity contribution in [1.82, 2.24) is 20.6 Å². The Hall–Kier alpha value is -3.05. The number of ether oxygens (including phenoxy) is 1. The van der Waals surface area contributed by atoms with Gasteiger partial charge in [0.15, 0.2) is 5.69 Å². The van der Waals surface area contributed by atoms with Crippen LogP contribution in [0.15, 0.2) is 18.3 Å². The van der Waals surface area contributed by atoms with Crippen molar-refractivity contribution in [3.8, 4) is 10.6 Å². The molecule has 11 heteroatoms. The van der Waals surface area contributed by atoms with Crippen LogP contribution in [0.3, 0.4) is 0 Å². The van der Waals surface area contributed by atoms with E-state index in [1.807, 2.05) is 0 Å². The molecular formula is C17H21N5O5S. The molecule has 2 heterocycles. The number of urea groups is 1. The van der Waals surface area contributed by atoms with Crippen LogP contribution in [0.2, 0.25) is 0 Å². The molecule has 2 aromatic heterocycles. The number of nitrogens with one attached hydrogen (secondary N) is 3. The number of methoxy groups -OCH3 is 1. The van der Waals surface area contributed by atoms with Gasteiger partial charge in [0.2, 0.25) is 0 Å². The summed E-state index contributed by atoms with van der Waals surface area (Å²) in [6, 6.07) is 2.51. The molecule has 0 radical (unpaired) electrons. The highest BCUT2D eigenvalue weighted by atomic mass is 32.1. The van der Waals surface area contributed by atoms with Gasteiger partial charge in [-0.25, -0.2) is 19.6 Å². The third kappa shape index (κ3) is 5.47. The van der Waals surface area contributed by atoms with Gasteiger partial charge in [0, 0.05) is 31.5 Å². The Morgan fingerprint density at radius 2 is 2.07 bits per heavy atom. The average molecular weight is 407 g/mol. The van der Waals surface area contributed by atoms with E-state index in [4.69, 9.17) is 4.74 Å². The van der Waals surface area contributed by atoms with Gasteiger partial charge >= 0.3 is 12.0 Å². The van der Waals surface area contributed by atoms with Crippen molar-refractivity contribution in [3.63, 3.8) is 0 Å². The molecule has 2 rings (SSSR count). The Labute approximate surface area is 165 Å². The number of aromatic nitrogens is 2. The van der Waals surface area contributed by atoms with Gasteiger partial charge in [0.25, 0.3) is 5.91 Å². The fraction of sp³-hybridized carbons (Fsp3) is 0.353. The Morgan fingerprint density at radius 1 is 1.32 bits per heavy atom. The van der Waals surface area contributed by atoms with Crippen molar-refractivity contribution in [2.24, 2.45) is 0 Å². The molecule has 0 aromatic carbocycles. The number of hydrogen-bond acceptors (Lipinski definition) is 7. The highest BCUT2D eigenvalue weighted by Gasteiger charge is 2.24. The third-order valence-electron chi connectivity index (χ3n) is 3.42. The van der Waals surface area contributed by atoms with E-state index in [-0.39, 0.29) is 29.3 Å². The summed E-state index contributed by atoms with van der Waals surface area (Å²) >= 11 is 0.875. The smallest absolute Gasteiger partial charge is 0.348 e. The van der Waals surface area contributed by atoms with Gasteiger partial charge in [0.1, 0.15) is 15.7 Å². The van der Waals surface area contributed by atoms with Crippen molar-refractivity contribution in [2.45, 2.75) is 19.9 Å². The van der Waals surface area contributed by atoms with Crippen LogP contribution in [0.1, 0.15) is 34.0 Å². The van der Waals surface area contributed by atoms with Gasteiger partial charge in [-0.2, -0.15) is 0 Å². The minimum absolute atomic E-state index is 0.165. The van der Waals surface area contributed by atoms with Gasteiger partial charge in [-0.3, -0.25) is 10.1 Å². The molecule has 150 valence electrons. The van der Waals surface area contributed by atoms with Crippen LogP contribution < -0.4 is 16.0 Å². The number of nitrogens with zero attached hydrogens (tertiary/aromatic N) is 2. The highest BCUT2D eigenvalue weighted by molar-refractivity contribution is 7.17. The van der Waals surface area contributed by atoms with Crippen LogP contribution in [-0.2, 0) is 4.74 Å². The maximum Gasteiger partial charge on any atom is 0.348 e. The number of pyridine rings is 1. The number of aromatic carboxylic acids is 1. The standard InChI is InChI=1S/C17H21N5O5S/c1-4-18-17(26)21-11-6-5-10(7-19-11)15-22-12(13(28-15)16(24)25)14(23)20-9(2)8-27-3/h5-7,9H,4,8H2,1-3H3,(H,20,23)(H,24,25)(H2,18,19,21,26)/t9-/m0/s1. The molecule has 3 amide bonds. The van der Waals surface area contributed by atoms with E-state index < -0.39 is 11.9 Å². The van der Waals surface area contributed by atoms with E-state index in [1.165, 1.54) is 13.3 Å². The minimum Gasteiger partial charge on any atom is -0.477 e. The lowest BCUT2D eigenvalue weighted by molar-refractivity contribution is 0.0694.